The molecule has 0 aliphatic carbocycles. The van der Waals surface area contributed by atoms with Gasteiger partial charge in [-0.2, -0.15) is 0 Å². The van der Waals surface area contributed by atoms with E-state index in [0.717, 1.165) is 30.0 Å². The molecule has 6 nitrogen and oxygen atoms in total. The van der Waals surface area contributed by atoms with Crippen LogP contribution in [0.15, 0.2) is 42.5 Å². The molecule has 1 fully saturated rings. The molecule has 0 aromatic heterocycles. The van der Waals surface area contributed by atoms with Crippen LogP contribution in [0.2, 0.25) is 0 Å². The van der Waals surface area contributed by atoms with Gasteiger partial charge in [-0.05, 0) is 30.3 Å². The fourth-order valence-corrected chi connectivity index (χ4v) is 3.39. The Kier molecular flexibility index (Phi) is 2.46. The van der Waals surface area contributed by atoms with Crippen molar-refractivity contribution in [1.29, 1.82) is 0 Å². The van der Waals surface area contributed by atoms with Crippen molar-refractivity contribution in [3.63, 3.8) is 0 Å². The summed E-state index contributed by atoms with van der Waals surface area (Å²) in [6.45, 7) is 1.48. The number of para-hydroxylation sites is 1. The first kappa shape index (κ1) is 13.3. The number of hydrogen-bond acceptors (Lipinski definition) is 3. The highest BCUT2D eigenvalue weighted by atomic mass is 16.7. The third-order valence-electron chi connectivity index (χ3n) is 4.56. The topological polar surface area (TPSA) is 61.8 Å². The predicted octanol–water partition coefficient (Wildman–Crippen LogP) is 1.36. The SMILES string of the molecule is O=C(O)c1ccc2c(c1)C=[N+]1CC[N+]3=Cc4ccccc4OC31O2. The van der Waals surface area contributed by atoms with E-state index in [1.54, 1.807) is 18.2 Å². The van der Waals surface area contributed by atoms with Gasteiger partial charge in [-0.25, -0.2) is 4.79 Å². The van der Waals surface area contributed by atoms with E-state index in [1.807, 2.05) is 45.8 Å². The number of rotatable bonds is 1. The molecule has 1 unspecified atom stereocenters. The Morgan fingerprint density at radius 3 is 2.38 bits per heavy atom. The lowest BCUT2D eigenvalue weighted by molar-refractivity contribution is -0.855. The van der Waals surface area contributed by atoms with Crippen molar-refractivity contribution in [3.8, 4) is 11.5 Å². The van der Waals surface area contributed by atoms with Crippen LogP contribution in [0.4, 0.5) is 0 Å². The Morgan fingerprint density at radius 2 is 1.62 bits per heavy atom. The second-order valence-corrected chi connectivity index (χ2v) is 5.99. The van der Waals surface area contributed by atoms with Crippen molar-refractivity contribution in [2.75, 3.05) is 13.1 Å². The van der Waals surface area contributed by atoms with Gasteiger partial charge in [0, 0.05) is 0 Å². The van der Waals surface area contributed by atoms with Gasteiger partial charge >= 0.3 is 12.0 Å². The molecule has 1 saturated heterocycles. The van der Waals surface area contributed by atoms with Gasteiger partial charge in [-0.3, -0.25) is 0 Å². The van der Waals surface area contributed by atoms with Gasteiger partial charge in [0.15, 0.2) is 23.9 Å². The third-order valence-corrected chi connectivity index (χ3v) is 4.56. The highest BCUT2D eigenvalue weighted by Crippen LogP contribution is 2.36. The maximum Gasteiger partial charge on any atom is 0.704 e. The number of hydrogen-bond donors (Lipinski definition) is 1. The highest BCUT2D eigenvalue weighted by Gasteiger charge is 2.68. The number of benzene rings is 2. The van der Waals surface area contributed by atoms with Gasteiger partial charge in [0.1, 0.15) is 0 Å². The number of carboxylic acid groups (broad SMARTS) is 1. The highest BCUT2D eigenvalue weighted by molar-refractivity contribution is 5.92. The van der Waals surface area contributed by atoms with Gasteiger partial charge in [-0.15, -0.1) is 0 Å². The standard InChI is InChI=1S/C18H13N2O4/c21-17(22)12-5-6-16-14(9-12)11-20-8-7-19-10-13-3-1-2-4-15(13)23-18(19,20)24-16/h1-6,9-11H,7-8H2/q+1/p+1. The van der Waals surface area contributed by atoms with Gasteiger partial charge < -0.3 is 14.6 Å². The van der Waals surface area contributed by atoms with E-state index in [4.69, 9.17) is 14.6 Å². The van der Waals surface area contributed by atoms with Crippen LogP contribution in [0, 0.1) is 0 Å². The van der Waals surface area contributed by atoms with E-state index in [2.05, 4.69) is 0 Å². The van der Waals surface area contributed by atoms with Crippen molar-refractivity contribution in [1.82, 2.24) is 0 Å². The molecular weight excluding hydrogens is 308 g/mol. The molecule has 0 bridgehead atoms. The van der Waals surface area contributed by atoms with E-state index in [9.17, 15) is 4.79 Å². The van der Waals surface area contributed by atoms with Crippen LogP contribution in [0.1, 0.15) is 21.5 Å². The molecule has 118 valence electrons. The first-order chi connectivity index (χ1) is 11.7. The lowest BCUT2D eigenvalue weighted by atomic mass is 10.1. The lowest BCUT2D eigenvalue weighted by Gasteiger charge is -2.26. The van der Waals surface area contributed by atoms with Gasteiger partial charge in [0.2, 0.25) is 13.1 Å². The molecule has 2 aromatic rings. The monoisotopic (exact) mass is 322 g/mol. The zero-order valence-electron chi connectivity index (χ0n) is 12.7. The molecule has 0 amide bonds. The normalized spacial score (nSPS) is 22.7. The molecule has 1 spiro atoms. The second-order valence-electron chi connectivity index (χ2n) is 5.99. The summed E-state index contributed by atoms with van der Waals surface area (Å²) in [5.74, 6) is 0.418. The van der Waals surface area contributed by atoms with Crippen LogP contribution < -0.4 is 9.47 Å². The molecule has 2 aromatic carbocycles. The van der Waals surface area contributed by atoms with Crippen LogP contribution in [0.3, 0.4) is 0 Å². The minimum atomic E-state index is -1.04. The van der Waals surface area contributed by atoms with Crippen molar-refractivity contribution in [2.45, 2.75) is 6.03 Å². The summed E-state index contributed by atoms with van der Waals surface area (Å²) < 4.78 is 16.4. The Morgan fingerprint density at radius 1 is 0.958 bits per heavy atom. The maximum atomic E-state index is 11.2. The summed E-state index contributed by atoms with van der Waals surface area (Å²) in [6, 6.07) is 11.6. The second kappa shape index (κ2) is 4.44. The Balaban J connectivity index is 1.65. The number of carbonyl (C=O) groups is 1. The summed E-state index contributed by atoms with van der Waals surface area (Å²) in [6.07, 6.45) is 3.95. The zero-order valence-corrected chi connectivity index (χ0v) is 12.7. The Labute approximate surface area is 137 Å². The largest absolute Gasteiger partial charge is 0.704 e. The smallest absolute Gasteiger partial charge is 0.478 e. The minimum Gasteiger partial charge on any atom is -0.478 e. The van der Waals surface area contributed by atoms with Crippen molar-refractivity contribution in [3.05, 3.63) is 59.2 Å². The number of aromatic carboxylic acids is 1. The predicted molar refractivity (Wildman–Crippen MR) is 84.4 cm³/mol. The van der Waals surface area contributed by atoms with Crippen LogP contribution in [0.5, 0.6) is 11.5 Å². The van der Waals surface area contributed by atoms with E-state index in [-0.39, 0.29) is 5.56 Å². The summed E-state index contributed by atoms with van der Waals surface area (Å²) in [7, 11) is 0. The lowest BCUT2D eigenvalue weighted by Crippen LogP contribution is -2.59. The molecule has 3 heterocycles. The molecule has 6 heteroatoms. The summed E-state index contributed by atoms with van der Waals surface area (Å²) in [4.78, 5) is 11.2. The first-order valence-electron chi connectivity index (χ1n) is 7.73. The first-order valence-corrected chi connectivity index (χ1v) is 7.73. The number of fused-ring (bicyclic) bond motifs is 2. The van der Waals surface area contributed by atoms with Crippen molar-refractivity contribution < 1.29 is 28.5 Å². The van der Waals surface area contributed by atoms with Gasteiger partial charge in [0.05, 0.1) is 16.7 Å². The average Bonchev–Trinajstić information content (AvgIpc) is 2.94. The minimum absolute atomic E-state index is 0.238. The fraction of sp³-hybridized carbons (Fsp3) is 0.167. The van der Waals surface area contributed by atoms with Gasteiger partial charge in [0.25, 0.3) is 0 Å². The molecule has 5 rings (SSSR count). The molecule has 0 radical (unpaired) electrons. The van der Waals surface area contributed by atoms with E-state index in [1.165, 1.54) is 0 Å². The molecule has 3 aliphatic heterocycles. The number of carboxylic acids is 1. The van der Waals surface area contributed by atoms with Crippen molar-refractivity contribution >= 4 is 18.4 Å². The quantitative estimate of drug-likeness (QED) is 0.805. The molecule has 1 atom stereocenters. The van der Waals surface area contributed by atoms with Crippen LogP contribution in [0.25, 0.3) is 0 Å². The van der Waals surface area contributed by atoms with E-state index >= 15 is 0 Å². The maximum absolute atomic E-state index is 11.2. The Bertz CT molecular complexity index is 963. The summed E-state index contributed by atoms with van der Waals surface area (Å²) >= 11 is 0. The molecule has 24 heavy (non-hydrogen) atoms. The summed E-state index contributed by atoms with van der Waals surface area (Å²) in [5.41, 5.74) is 1.99. The van der Waals surface area contributed by atoms with E-state index in [0.29, 0.717) is 5.75 Å². The molecular formula is C18H14N2O4+2. The number of ether oxygens (including phenoxy) is 2. The molecule has 3 aliphatic rings. The Hall–Kier alpha value is -3.15. The fourth-order valence-electron chi connectivity index (χ4n) is 3.39. The van der Waals surface area contributed by atoms with Crippen LogP contribution in [-0.4, -0.2) is 51.8 Å². The van der Waals surface area contributed by atoms with Crippen molar-refractivity contribution in [2.24, 2.45) is 0 Å². The zero-order chi connectivity index (χ0) is 16.3. The third kappa shape index (κ3) is 1.68. The summed E-state index contributed by atoms with van der Waals surface area (Å²) in [5, 5.41) is 9.16. The van der Waals surface area contributed by atoms with Crippen LogP contribution >= 0.6 is 0 Å². The molecule has 1 N–H and O–H groups in total. The van der Waals surface area contributed by atoms with Gasteiger partial charge in [-0.1, -0.05) is 21.3 Å². The van der Waals surface area contributed by atoms with E-state index < -0.39 is 12.0 Å². The number of nitrogens with zero attached hydrogens (tertiary/aromatic N) is 2. The average molecular weight is 322 g/mol. The molecule has 0 saturated carbocycles. The van der Waals surface area contributed by atoms with Crippen LogP contribution in [-0.2, 0) is 0 Å².